The van der Waals surface area contributed by atoms with Gasteiger partial charge in [0.25, 0.3) is 0 Å². The second-order valence-corrected chi connectivity index (χ2v) is 6.70. The number of nitrogens with zero attached hydrogens (tertiary/aromatic N) is 1. The smallest absolute Gasteiger partial charge is 0.124 e. The standard InChI is InChI=1S/C18H28N2O/c1-14(2)21-18-6-4-3-5-15(18)13-19-16-9-11-20(12-10-16)17-7-8-17/h3-6,14,16-17,19H,7-13H2,1-2H3. The van der Waals surface area contributed by atoms with Crippen LogP contribution in [0.2, 0.25) is 0 Å². The van der Waals surface area contributed by atoms with Crippen molar-refractivity contribution in [3.63, 3.8) is 0 Å². The van der Waals surface area contributed by atoms with Gasteiger partial charge in [-0.2, -0.15) is 0 Å². The Morgan fingerprint density at radius 2 is 1.86 bits per heavy atom. The molecular formula is C18H28N2O. The van der Waals surface area contributed by atoms with Crippen LogP contribution in [0.3, 0.4) is 0 Å². The lowest BCUT2D eigenvalue weighted by atomic mass is 10.0. The quantitative estimate of drug-likeness (QED) is 0.870. The van der Waals surface area contributed by atoms with E-state index in [1.807, 2.05) is 0 Å². The minimum Gasteiger partial charge on any atom is -0.491 e. The molecule has 0 atom stereocenters. The van der Waals surface area contributed by atoms with Crippen LogP contribution in [0.1, 0.15) is 45.1 Å². The number of benzene rings is 1. The average Bonchev–Trinajstić information content (AvgIpc) is 3.31. The molecule has 2 aliphatic rings. The van der Waals surface area contributed by atoms with Crippen LogP contribution in [-0.2, 0) is 6.54 Å². The Labute approximate surface area is 128 Å². The predicted molar refractivity (Wildman–Crippen MR) is 86.7 cm³/mol. The summed E-state index contributed by atoms with van der Waals surface area (Å²) in [5, 5.41) is 3.72. The van der Waals surface area contributed by atoms with E-state index in [4.69, 9.17) is 4.74 Å². The molecule has 1 heterocycles. The van der Waals surface area contributed by atoms with Gasteiger partial charge in [0.2, 0.25) is 0 Å². The highest BCUT2D eigenvalue weighted by molar-refractivity contribution is 5.33. The zero-order valence-corrected chi connectivity index (χ0v) is 13.3. The maximum atomic E-state index is 5.89. The monoisotopic (exact) mass is 288 g/mol. The van der Waals surface area contributed by atoms with E-state index in [1.165, 1.54) is 44.3 Å². The van der Waals surface area contributed by atoms with E-state index in [0.29, 0.717) is 6.04 Å². The molecule has 116 valence electrons. The van der Waals surface area contributed by atoms with E-state index in [1.54, 1.807) is 0 Å². The van der Waals surface area contributed by atoms with Crippen LogP contribution in [0.4, 0.5) is 0 Å². The molecule has 1 N–H and O–H groups in total. The Morgan fingerprint density at radius 3 is 2.52 bits per heavy atom. The molecule has 3 nitrogen and oxygen atoms in total. The molecule has 1 saturated heterocycles. The summed E-state index contributed by atoms with van der Waals surface area (Å²) < 4.78 is 5.89. The molecule has 21 heavy (non-hydrogen) atoms. The topological polar surface area (TPSA) is 24.5 Å². The first-order valence-electron chi connectivity index (χ1n) is 8.44. The second-order valence-electron chi connectivity index (χ2n) is 6.70. The Kier molecular flexibility index (Phi) is 4.81. The van der Waals surface area contributed by atoms with Crippen molar-refractivity contribution < 1.29 is 4.74 Å². The fourth-order valence-electron chi connectivity index (χ4n) is 3.18. The molecule has 1 aromatic carbocycles. The molecule has 3 heteroatoms. The zero-order valence-electron chi connectivity index (χ0n) is 13.3. The molecule has 0 aromatic heterocycles. The summed E-state index contributed by atoms with van der Waals surface area (Å²) in [6, 6.07) is 9.98. The molecule has 0 amide bonds. The van der Waals surface area contributed by atoms with E-state index < -0.39 is 0 Å². The van der Waals surface area contributed by atoms with E-state index >= 15 is 0 Å². The maximum absolute atomic E-state index is 5.89. The number of hydrogen-bond donors (Lipinski definition) is 1. The number of rotatable bonds is 6. The van der Waals surface area contributed by atoms with Crippen LogP contribution >= 0.6 is 0 Å². The van der Waals surface area contributed by atoms with Crippen molar-refractivity contribution in [2.24, 2.45) is 0 Å². The van der Waals surface area contributed by atoms with Gasteiger partial charge in [0.15, 0.2) is 0 Å². The number of piperidine rings is 1. The summed E-state index contributed by atoms with van der Waals surface area (Å²) in [5.41, 5.74) is 1.27. The van der Waals surface area contributed by atoms with Crippen molar-refractivity contribution in [3.05, 3.63) is 29.8 Å². The van der Waals surface area contributed by atoms with Gasteiger partial charge in [-0.1, -0.05) is 18.2 Å². The highest BCUT2D eigenvalue weighted by Crippen LogP contribution is 2.29. The van der Waals surface area contributed by atoms with Gasteiger partial charge in [-0.05, 0) is 58.7 Å². The largest absolute Gasteiger partial charge is 0.491 e. The third-order valence-corrected chi connectivity index (χ3v) is 4.51. The van der Waals surface area contributed by atoms with Gasteiger partial charge >= 0.3 is 0 Å². The van der Waals surface area contributed by atoms with Gasteiger partial charge in [0.05, 0.1) is 6.10 Å². The molecule has 0 bridgehead atoms. The van der Waals surface area contributed by atoms with E-state index in [9.17, 15) is 0 Å². The predicted octanol–water partition coefficient (Wildman–Crippen LogP) is 3.19. The van der Waals surface area contributed by atoms with E-state index in [2.05, 4.69) is 48.3 Å². The van der Waals surface area contributed by atoms with Crippen molar-refractivity contribution in [1.29, 1.82) is 0 Å². The van der Waals surface area contributed by atoms with Crippen LogP contribution < -0.4 is 10.1 Å². The van der Waals surface area contributed by atoms with Crippen molar-refractivity contribution in [2.45, 2.75) is 64.3 Å². The van der Waals surface area contributed by atoms with Gasteiger partial charge in [-0.15, -0.1) is 0 Å². The second kappa shape index (κ2) is 6.80. The van der Waals surface area contributed by atoms with Crippen LogP contribution in [0.5, 0.6) is 5.75 Å². The van der Waals surface area contributed by atoms with Gasteiger partial charge in [0.1, 0.15) is 5.75 Å². The molecular weight excluding hydrogens is 260 g/mol. The van der Waals surface area contributed by atoms with Crippen LogP contribution in [0.15, 0.2) is 24.3 Å². The fourth-order valence-corrected chi connectivity index (χ4v) is 3.18. The molecule has 1 aromatic rings. The molecule has 0 unspecified atom stereocenters. The summed E-state index contributed by atoms with van der Waals surface area (Å²) in [4.78, 5) is 2.67. The molecule has 3 rings (SSSR count). The van der Waals surface area contributed by atoms with Gasteiger partial charge in [0, 0.05) is 24.2 Å². The number of hydrogen-bond acceptors (Lipinski definition) is 3. The number of para-hydroxylation sites is 1. The van der Waals surface area contributed by atoms with Crippen molar-refractivity contribution in [2.75, 3.05) is 13.1 Å². The fraction of sp³-hybridized carbons (Fsp3) is 0.667. The third-order valence-electron chi connectivity index (χ3n) is 4.51. The summed E-state index contributed by atoms with van der Waals surface area (Å²) in [6.07, 6.45) is 5.65. The lowest BCUT2D eigenvalue weighted by molar-refractivity contribution is 0.188. The molecule has 1 aliphatic heterocycles. The van der Waals surface area contributed by atoms with E-state index in [0.717, 1.165) is 18.3 Å². The highest BCUT2D eigenvalue weighted by atomic mass is 16.5. The van der Waals surface area contributed by atoms with Crippen LogP contribution in [-0.4, -0.2) is 36.2 Å². The Hall–Kier alpha value is -1.06. The van der Waals surface area contributed by atoms with Gasteiger partial charge in [-0.25, -0.2) is 0 Å². The first-order valence-corrected chi connectivity index (χ1v) is 8.44. The maximum Gasteiger partial charge on any atom is 0.124 e. The minimum absolute atomic E-state index is 0.230. The number of likely N-dealkylation sites (tertiary alicyclic amines) is 1. The lowest BCUT2D eigenvalue weighted by Gasteiger charge is -2.32. The molecule has 1 aliphatic carbocycles. The summed E-state index contributed by atoms with van der Waals surface area (Å²) in [6.45, 7) is 7.62. The highest BCUT2D eigenvalue weighted by Gasteiger charge is 2.31. The van der Waals surface area contributed by atoms with Crippen molar-refractivity contribution in [3.8, 4) is 5.75 Å². The SMILES string of the molecule is CC(C)Oc1ccccc1CNC1CCN(C2CC2)CC1. The number of ether oxygens (including phenoxy) is 1. The third kappa shape index (κ3) is 4.21. The zero-order chi connectivity index (χ0) is 14.7. The first-order chi connectivity index (χ1) is 10.2. The average molecular weight is 288 g/mol. The summed E-state index contributed by atoms with van der Waals surface area (Å²) in [7, 11) is 0. The summed E-state index contributed by atoms with van der Waals surface area (Å²) >= 11 is 0. The number of nitrogens with one attached hydrogen (secondary N) is 1. The van der Waals surface area contributed by atoms with Gasteiger partial charge < -0.3 is 15.0 Å². The van der Waals surface area contributed by atoms with Crippen LogP contribution in [0.25, 0.3) is 0 Å². The van der Waals surface area contributed by atoms with Crippen molar-refractivity contribution in [1.82, 2.24) is 10.2 Å². The van der Waals surface area contributed by atoms with E-state index in [-0.39, 0.29) is 6.10 Å². The molecule has 1 saturated carbocycles. The van der Waals surface area contributed by atoms with Gasteiger partial charge in [-0.3, -0.25) is 0 Å². The lowest BCUT2D eigenvalue weighted by Crippen LogP contribution is -2.43. The Morgan fingerprint density at radius 1 is 1.14 bits per heavy atom. The molecule has 2 fully saturated rings. The summed E-state index contributed by atoms with van der Waals surface area (Å²) in [5.74, 6) is 1.02. The Bertz CT molecular complexity index is 448. The minimum atomic E-state index is 0.230. The first kappa shape index (κ1) is 14.9. The molecule has 0 spiro atoms. The molecule has 0 radical (unpaired) electrons. The van der Waals surface area contributed by atoms with Crippen molar-refractivity contribution >= 4 is 0 Å². The Balaban J connectivity index is 1.48. The van der Waals surface area contributed by atoms with Crippen LogP contribution in [0, 0.1) is 0 Å². The normalized spacial score (nSPS) is 20.9.